The standard InChI is InChI=1S/C18H26N2O/c1-4-6-10-16-14-15-9-7-8-11-17(15)18(19-16)21-13-12-20(3)5-2/h7-9,11,14H,4-6,10,12-13H2,1-3H3. The molecule has 0 amide bonds. The maximum atomic E-state index is 5.96. The van der Waals surface area contributed by atoms with E-state index in [9.17, 15) is 0 Å². The van der Waals surface area contributed by atoms with Gasteiger partial charge >= 0.3 is 0 Å². The van der Waals surface area contributed by atoms with E-state index in [1.807, 2.05) is 6.07 Å². The largest absolute Gasteiger partial charge is 0.476 e. The van der Waals surface area contributed by atoms with Gasteiger partial charge in [-0.05, 0) is 44.0 Å². The lowest BCUT2D eigenvalue weighted by atomic mass is 10.1. The van der Waals surface area contributed by atoms with Crippen molar-refractivity contribution in [2.75, 3.05) is 26.7 Å². The lowest BCUT2D eigenvalue weighted by Crippen LogP contribution is -2.24. The summed E-state index contributed by atoms with van der Waals surface area (Å²) in [6.45, 7) is 7.00. The Morgan fingerprint density at radius 3 is 2.76 bits per heavy atom. The molecule has 0 aliphatic rings. The summed E-state index contributed by atoms with van der Waals surface area (Å²) in [6.07, 6.45) is 3.38. The minimum atomic E-state index is 0.679. The molecule has 0 N–H and O–H groups in total. The first-order chi connectivity index (χ1) is 10.2. The van der Waals surface area contributed by atoms with Crippen molar-refractivity contribution in [1.82, 2.24) is 9.88 Å². The highest BCUT2D eigenvalue weighted by Gasteiger charge is 2.07. The van der Waals surface area contributed by atoms with Crippen LogP contribution in [-0.4, -0.2) is 36.6 Å². The Morgan fingerprint density at radius 1 is 1.19 bits per heavy atom. The van der Waals surface area contributed by atoms with Crippen molar-refractivity contribution >= 4 is 10.8 Å². The fourth-order valence-corrected chi connectivity index (χ4v) is 2.27. The molecule has 21 heavy (non-hydrogen) atoms. The van der Waals surface area contributed by atoms with Gasteiger partial charge in [0.05, 0.1) is 0 Å². The Labute approximate surface area is 127 Å². The van der Waals surface area contributed by atoms with Crippen LogP contribution in [0.3, 0.4) is 0 Å². The number of aryl methyl sites for hydroxylation is 1. The lowest BCUT2D eigenvalue weighted by Gasteiger charge is -2.15. The Morgan fingerprint density at radius 2 is 2.00 bits per heavy atom. The van der Waals surface area contributed by atoms with Crippen molar-refractivity contribution in [3.05, 3.63) is 36.0 Å². The van der Waals surface area contributed by atoms with Crippen molar-refractivity contribution in [3.63, 3.8) is 0 Å². The van der Waals surface area contributed by atoms with E-state index in [4.69, 9.17) is 9.72 Å². The molecule has 114 valence electrons. The van der Waals surface area contributed by atoms with Gasteiger partial charge in [-0.2, -0.15) is 0 Å². The summed E-state index contributed by atoms with van der Waals surface area (Å²) in [6, 6.07) is 10.5. The Hall–Kier alpha value is -1.61. The second kappa shape index (κ2) is 7.99. The Bertz CT molecular complexity index is 568. The molecule has 0 aliphatic heterocycles. The molecule has 0 fully saturated rings. The second-order valence-electron chi connectivity index (χ2n) is 5.49. The minimum Gasteiger partial charge on any atom is -0.476 e. The second-order valence-corrected chi connectivity index (χ2v) is 5.49. The maximum Gasteiger partial charge on any atom is 0.221 e. The van der Waals surface area contributed by atoms with Crippen LogP contribution in [0.1, 0.15) is 32.4 Å². The number of pyridine rings is 1. The average molecular weight is 286 g/mol. The SMILES string of the molecule is CCCCc1cc2ccccc2c(OCCN(C)CC)n1. The zero-order chi connectivity index (χ0) is 15.1. The fourth-order valence-electron chi connectivity index (χ4n) is 2.27. The van der Waals surface area contributed by atoms with Crippen LogP contribution >= 0.6 is 0 Å². The van der Waals surface area contributed by atoms with Crippen molar-refractivity contribution in [2.45, 2.75) is 33.1 Å². The molecule has 0 saturated carbocycles. The summed E-state index contributed by atoms with van der Waals surface area (Å²) in [4.78, 5) is 6.96. The number of hydrogen-bond acceptors (Lipinski definition) is 3. The first kappa shape index (κ1) is 15.8. The number of rotatable bonds is 8. The third-order valence-corrected chi connectivity index (χ3v) is 3.80. The number of unbranched alkanes of at least 4 members (excludes halogenated alkanes) is 1. The van der Waals surface area contributed by atoms with Crippen molar-refractivity contribution < 1.29 is 4.74 Å². The van der Waals surface area contributed by atoms with E-state index in [1.54, 1.807) is 0 Å². The summed E-state index contributed by atoms with van der Waals surface area (Å²) in [5.41, 5.74) is 1.13. The third kappa shape index (κ3) is 4.43. The van der Waals surface area contributed by atoms with Gasteiger partial charge in [0.25, 0.3) is 0 Å². The summed E-state index contributed by atoms with van der Waals surface area (Å²) < 4.78 is 5.96. The number of ether oxygens (including phenoxy) is 1. The first-order valence-corrected chi connectivity index (χ1v) is 7.94. The van der Waals surface area contributed by atoms with E-state index in [-0.39, 0.29) is 0 Å². The highest BCUT2D eigenvalue weighted by molar-refractivity contribution is 5.87. The normalized spacial score (nSPS) is 11.2. The number of hydrogen-bond donors (Lipinski definition) is 0. The maximum absolute atomic E-state index is 5.96. The zero-order valence-electron chi connectivity index (χ0n) is 13.4. The van der Waals surface area contributed by atoms with Crippen LogP contribution in [0.5, 0.6) is 5.88 Å². The smallest absolute Gasteiger partial charge is 0.221 e. The van der Waals surface area contributed by atoms with Crippen molar-refractivity contribution in [2.24, 2.45) is 0 Å². The van der Waals surface area contributed by atoms with Gasteiger partial charge in [-0.15, -0.1) is 0 Å². The number of likely N-dealkylation sites (N-methyl/N-ethyl adjacent to an activating group) is 1. The molecule has 3 nitrogen and oxygen atoms in total. The minimum absolute atomic E-state index is 0.679. The molecular weight excluding hydrogens is 260 g/mol. The topological polar surface area (TPSA) is 25.4 Å². The van der Waals surface area contributed by atoms with Crippen molar-refractivity contribution in [3.8, 4) is 5.88 Å². The molecule has 1 aromatic heterocycles. The van der Waals surface area contributed by atoms with Crippen LogP contribution in [0.25, 0.3) is 10.8 Å². The molecule has 0 unspecified atom stereocenters. The summed E-state index contributed by atoms with van der Waals surface area (Å²) in [7, 11) is 2.10. The predicted octanol–water partition coefficient (Wildman–Crippen LogP) is 3.91. The molecule has 1 aromatic carbocycles. The lowest BCUT2D eigenvalue weighted by molar-refractivity contribution is 0.239. The number of aromatic nitrogens is 1. The molecule has 1 heterocycles. The predicted molar refractivity (Wildman–Crippen MR) is 89.0 cm³/mol. The number of fused-ring (bicyclic) bond motifs is 1. The quantitative estimate of drug-likeness (QED) is 0.735. The van der Waals surface area contributed by atoms with Gasteiger partial charge in [-0.3, -0.25) is 0 Å². The van der Waals surface area contributed by atoms with E-state index in [1.165, 1.54) is 18.2 Å². The summed E-state index contributed by atoms with van der Waals surface area (Å²) in [5, 5.41) is 2.33. The van der Waals surface area contributed by atoms with Gasteiger partial charge in [-0.1, -0.05) is 38.5 Å². The highest BCUT2D eigenvalue weighted by Crippen LogP contribution is 2.25. The molecular formula is C18H26N2O. The van der Waals surface area contributed by atoms with E-state index in [0.717, 1.165) is 36.5 Å². The van der Waals surface area contributed by atoms with Gasteiger partial charge in [0.15, 0.2) is 0 Å². The van der Waals surface area contributed by atoms with Crippen LogP contribution in [0.4, 0.5) is 0 Å². The van der Waals surface area contributed by atoms with E-state index in [0.29, 0.717) is 6.61 Å². The molecule has 0 atom stereocenters. The molecule has 2 rings (SSSR count). The number of benzene rings is 1. The molecule has 2 aromatic rings. The van der Waals surface area contributed by atoms with Gasteiger partial charge < -0.3 is 9.64 Å². The fraction of sp³-hybridized carbons (Fsp3) is 0.500. The average Bonchev–Trinajstić information content (AvgIpc) is 2.52. The molecule has 0 radical (unpaired) electrons. The molecule has 0 spiro atoms. The van der Waals surface area contributed by atoms with Crippen LogP contribution < -0.4 is 4.74 Å². The summed E-state index contributed by atoms with van der Waals surface area (Å²) >= 11 is 0. The molecule has 0 saturated heterocycles. The van der Waals surface area contributed by atoms with Crippen LogP contribution in [0, 0.1) is 0 Å². The third-order valence-electron chi connectivity index (χ3n) is 3.80. The van der Waals surface area contributed by atoms with Crippen LogP contribution in [-0.2, 0) is 6.42 Å². The van der Waals surface area contributed by atoms with Gasteiger partial charge in [0.1, 0.15) is 6.61 Å². The van der Waals surface area contributed by atoms with Crippen LogP contribution in [0.15, 0.2) is 30.3 Å². The van der Waals surface area contributed by atoms with E-state index >= 15 is 0 Å². The van der Waals surface area contributed by atoms with Crippen LogP contribution in [0.2, 0.25) is 0 Å². The van der Waals surface area contributed by atoms with Crippen molar-refractivity contribution in [1.29, 1.82) is 0 Å². The van der Waals surface area contributed by atoms with E-state index < -0.39 is 0 Å². The van der Waals surface area contributed by atoms with Gasteiger partial charge in [0, 0.05) is 17.6 Å². The number of nitrogens with zero attached hydrogens (tertiary/aromatic N) is 2. The highest BCUT2D eigenvalue weighted by atomic mass is 16.5. The first-order valence-electron chi connectivity index (χ1n) is 7.94. The van der Waals surface area contributed by atoms with Gasteiger partial charge in [-0.25, -0.2) is 4.98 Å². The zero-order valence-corrected chi connectivity index (χ0v) is 13.4. The molecule has 3 heteroatoms. The van der Waals surface area contributed by atoms with E-state index in [2.05, 4.69) is 50.1 Å². The molecule has 0 aliphatic carbocycles. The monoisotopic (exact) mass is 286 g/mol. The summed E-state index contributed by atoms with van der Waals surface area (Å²) in [5.74, 6) is 0.781. The molecule has 0 bridgehead atoms. The Kier molecular flexibility index (Phi) is 6.00. The Balaban J connectivity index is 2.18. The van der Waals surface area contributed by atoms with Gasteiger partial charge in [0.2, 0.25) is 5.88 Å².